The topological polar surface area (TPSA) is 37.3 Å². The summed E-state index contributed by atoms with van der Waals surface area (Å²) in [6.07, 6.45) is 0.773. The molecule has 0 saturated heterocycles. The SMILES string of the molecule is O=CC(Br)c1cccc(O)c1. The second kappa shape index (κ2) is 3.53. The van der Waals surface area contributed by atoms with Gasteiger partial charge in [0.25, 0.3) is 0 Å². The van der Waals surface area contributed by atoms with Crippen LogP contribution in [0, 0.1) is 0 Å². The van der Waals surface area contributed by atoms with E-state index in [4.69, 9.17) is 5.11 Å². The molecule has 1 aromatic rings. The Labute approximate surface area is 73.0 Å². The third-order valence-corrected chi connectivity index (χ3v) is 2.05. The fraction of sp³-hybridized carbons (Fsp3) is 0.125. The van der Waals surface area contributed by atoms with Gasteiger partial charge in [0.05, 0.1) is 4.83 Å². The summed E-state index contributed by atoms with van der Waals surface area (Å²) in [5.74, 6) is 0.175. The van der Waals surface area contributed by atoms with Gasteiger partial charge in [-0.2, -0.15) is 0 Å². The van der Waals surface area contributed by atoms with Gasteiger partial charge in [-0.05, 0) is 17.7 Å². The number of phenolic OH excluding ortho intramolecular Hbond substituents is 1. The largest absolute Gasteiger partial charge is 0.508 e. The lowest BCUT2D eigenvalue weighted by molar-refractivity contribution is -0.107. The average Bonchev–Trinajstić information content (AvgIpc) is 2.03. The molecule has 1 aromatic carbocycles. The van der Waals surface area contributed by atoms with Gasteiger partial charge in [0.1, 0.15) is 12.0 Å². The van der Waals surface area contributed by atoms with Gasteiger partial charge in [0, 0.05) is 0 Å². The zero-order chi connectivity index (χ0) is 8.27. The van der Waals surface area contributed by atoms with E-state index in [1.165, 1.54) is 0 Å². The third-order valence-electron chi connectivity index (χ3n) is 1.31. The number of carbonyl (C=O) groups excluding carboxylic acids is 1. The molecule has 0 spiro atoms. The molecular formula is C8H7BrO2. The number of aldehydes is 1. The maximum Gasteiger partial charge on any atom is 0.138 e. The summed E-state index contributed by atoms with van der Waals surface area (Å²) in [5, 5.41) is 9.02. The highest BCUT2D eigenvalue weighted by molar-refractivity contribution is 9.09. The van der Waals surface area contributed by atoms with Gasteiger partial charge < -0.3 is 9.90 Å². The van der Waals surface area contributed by atoms with E-state index in [0.717, 1.165) is 11.8 Å². The molecule has 1 rings (SSSR count). The predicted octanol–water partition coefficient (Wildman–Crippen LogP) is 2.03. The first-order chi connectivity index (χ1) is 5.24. The fourth-order valence-corrected chi connectivity index (χ4v) is 1.06. The molecule has 0 heterocycles. The second-order valence-corrected chi connectivity index (χ2v) is 3.12. The van der Waals surface area contributed by atoms with E-state index < -0.39 is 0 Å². The average molecular weight is 215 g/mol. The standard InChI is InChI=1S/C8H7BrO2/c9-8(5-10)6-2-1-3-7(11)4-6/h1-5,8,11H. The monoisotopic (exact) mass is 214 g/mol. The minimum Gasteiger partial charge on any atom is -0.508 e. The Morgan fingerprint density at radius 3 is 2.82 bits per heavy atom. The Kier molecular flexibility index (Phi) is 2.65. The summed E-state index contributed by atoms with van der Waals surface area (Å²) >= 11 is 3.14. The molecule has 3 heteroatoms. The van der Waals surface area contributed by atoms with Gasteiger partial charge in [0.2, 0.25) is 0 Å². The molecule has 1 atom stereocenters. The minimum atomic E-state index is -0.324. The lowest BCUT2D eigenvalue weighted by Crippen LogP contribution is -1.88. The van der Waals surface area contributed by atoms with E-state index in [0.29, 0.717) is 0 Å². The number of aromatic hydroxyl groups is 1. The Morgan fingerprint density at radius 1 is 1.55 bits per heavy atom. The number of alkyl halides is 1. The van der Waals surface area contributed by atoms with Gasteiger partial charge in [-0.1, -0.05) is 28.1 Å². The van der Waals surface area contributed by atoms with Crippen LogP contribution in [-0.4, -0.2) is 11.4 Å². The Morgan fingerprint density at radius 2 is 2.27 bits per heavy atom. The van der Waals surface area contributed by atoms with E-state index in [-0.39, 0.29) is 10.6 Å². The van der Waals surface area contributed by atoms with Gasteiger partial charge in [-0.3, -0.25) is 0 Å². The van der Waals surface area contributed by atoms with Crippen LogP contribution in [0.25, 0.3) is 0 Å². The van der Waals surface area contributed by atoms with Gasteiger partial charge >= 0.3 is 0 Å². The van der Waals surface area contributed by atoms with Crippen molar-refractivity contribution >= 4 is 22.2 Å². The van der Waals surface area contributed by atoms with E-state index in [1.54, 1.807) is 24.3 Å². The minimum absolute atomic E-state index is 0.175. The quantitative estimate of drug-likeness (QED) is 0.605. The Bertz CT molecular complexity index is 260. The summed E-state index contributed by atoms with van der Waals surface area (Å²) in [7, 11) is 0. The fourth-order valence-electron chi connectivity index (χ4n) is 0.775. The molecule has 0 aliphatic rings. The van der Waals surface area contributed by atoms with Crippen molar-refractivity contribution in [3.8, 4) is 5.75 Å². The van der Waals surface area contributed by atoms with E-state index in [2.05, 4.69) is 15.9 Å². The van der Waals surface area contributed by atoms with Crippen LogP contribution in [0.1, 0.15) is 10.4 Å². The summed E-state index contributed by atoms with van der Waals surface area (Å²) in [6, 6.07) is 6.58. The third kappa shape index (κ3) is 2.05. The Hall–Kier alpha value is -0.830. The molecule has 0 amide bonds. The second-order valence-electron chi connectivity index (χ2n) is 2.13. The molecule has 0 saturated carbocycles. The van der Waals surface area contributed by atoms with Crippen LogP contribution in [-0.2, 0) is 4.79 Å². The molecule has 0 fully saturated rings. The number of benzene rings is 1. The molecule has 0 aliphatic heterocycles. The van der Waals surface area contributed by atoms with Crippen LogP contribution in [0.2, 0.25) is 0 Å². The molecule has 0 bridgehead atoms. The van der Waals surface area contributed by atoms with Crippen LogP contribution in [0.15, 0.2) is 24.3 Å². The Balaban J connectivity index is 2.95. The van der Waals surface area contributed by atoms with Crippen LogP contribution < -0.4 is 0 Å². The van der Waals surface area contributed by atoms with Crippen molar-refractivity contribution in [1.82, 2.24) is 0 Å². The zero-order valence-corrected chi connectivity index (χ0v) is 7.28. The summed E-state index contributed by atoms with van der Waals surface area (Å²) < 4.78 is 0. The first-order valence-electron chi connectivity index (χ1n) is 3.12. The van der Waals surface area contributed by atoms with E-state index in [9.17, 15) is 4.79 Å². The highest BCUT2D eigenvalue weighted by Gasteiger charge is 2.04. The van der Waals surface area contributed by atoms with Crippen molar-refractivity contribution in [2.45, 2.75) is 4.83 Å². The number of hydrogen-bond donors (Lipinski definition) is 1. The zero-order valence-electron chi connectivity index (χ0n) is 5.70. The maximum absolute atomic E-state index is 10.3. The van der Waals surface area contributed by atoms with E-state index >= 15 is 0 Å². The van der Waals surface area contributed by atoms with Crippen LogP contribution in [0.4, 0.5) is 0 Å². The van der Waals surface area contributed by atoms with Crippen molar-refractivity contribution < 1.29 is 9.90 Å². The molecule has 58 valence electrons. The van der Waals surface area contributed by atoms with Crippen molar-refractivity contribution in [1.29, 1.82) is 0 Å². The van der Waals surface area contributed by atoms with Crippen LogP contribution >= 0.6 is 15.9 Å². The van der Waals surface area contributed by atoms with Crippen LogP contribution in [0.5, 0.6) is 5.75 Å². The molecule has 1 unspecified atom stereocenters. The molecule has 0 aromatic heterocycles. The van der Waals surface area contributed by atoms with Crippen molar-refractivity contribution in [3.63, 3.8) is 0 Å². The highest BCUT2D eigenvalue weighted by Crippen LogP contribution is 2.22. The number of halogens is 1. The summed E-state index contributed by atoms with van der Waals surface area (Å²) in [4.78, 5) is 9.96. The maximum atomic E-state index is 10.3. The van der Waals surface area contributed by atoms with Gasteiger partial charge in [0.15, 0.2) is 0 Å². The van der Waals surface area contributed by atoms with E-state index in [1.807, 2.05) is 0 Å². The highest BCUT2D eigenvalue weighted by atomic mass is 79.9. The van der Waals surface area contributed by atoms with Gasteiger partial charge in [-0.15, -0.1) is 0 Å². The number of rotatable bonds is 2. The molecule has 2 nitrogen and oxygen atoms in total. The first-order valence-corrected chi connectivity index (χ1v) is 4.04. The molecular weight excluding hydrogens is 208 g/mol. The first kappa shape index (κ1) is 8.27. The van der Waals surface area contributed by atoms with Crippen molar-refractivity contribution in [2.75, 3.05) is 0 Å². The van der Waals surface area contributed by atoms with Gasteiger partial charge in [-0.25, -0.2) is 0 Å². The van der Waals surface area contributed by atoms with Crippen LogP contribution in [0.3, 0.4) is 0 Å². The number of phenols is 1. The van der Waals surface area contributed by atoms with Crippen molar-refractivity contribution in [2.24, 2.45) is 0 Å². The molecule has 1 N–H and O–H groups in total. The predicted molar refractivity (Wildman–Crippen MR) is 45.8 cm³/mol. The lowest BCUT2D eigenvalue weighted by Gasteiger charge is -2.01. The number of hydrogen-bond acceptors (Lipinski definition) is 2. The number of carbonyl (C=O) groups is 1. The van der Waals surface area contributed by atoms with Crippen molar-refractivity contribution in [3.05, 3.63) is 29.8 Å². The molecule has 11 heavy (non-hydrogen) atoms. The normalized spacial score (nSPS) is 12.5. The molecule has 0 aliphatic carbocycles. The summed E-state index contributed by atoms with van der Waals surface area (Å²) in [6.45, 7) is 0. The summed E-state index contributed by atoms with van der Waals surface area (Å²) in [5.41, 5.74) is 0.764. The smallest absolute Gasteiger partial charge is 0.138 e. The molecule has 0 radical (unpaired) electrons. The lowest BCUT2D eigenvalue weighted by atomic mass is 10.2.